The van der Waals surface area contributed by atoms with E-state index in [4.69, 9.17) is 0 Å². The number of nitrogens with one attached hydrogen (secondary N) is 1. The van der Waals surface area contributed by atoms with Crippen LogP contribution in [0.15, 0.2) is 17.4 Å². The number of aliphatic imine (C=N–C) groups is 1. The van der Waals surface area contributed by atoms with Gasteiger partial charge in [0.25, 0.3) is 0 Å². The molecule has 5 heteroatoms. The van der Waals surface area contributed by atoms with Crippen molar-refractivity contribution in [2.24, 2.45) is 10.9 Å². The Hall–Kier alpha value is -0.970. The van der Waals surface area contributed by atoms with Gasteiger partial charge in [-0.3, -0.25) is 9.67 Å². The summed E-state index contributed by atoms with van der Waals surface area (Å²) in [7, 11) is 0. The standard InChI is InChI=1S/C12H20N4S/c1-9-6-14-16(7-9)5-4-13-12-15-11(3)10(2)8-17-12/h6-7,10-11H,4-5,8H2,1-3H3,(H,13,15). The second-order valence-corrected chi connectivity index (χ2v) is 5.70. The van der Waals surface area contributed by atoms with Crippen LogP contribution in [0.5, 0.6) is 0 Å². The van der Waals surface area contributed by atoms with Gasteiger partial charge in [-0.25, -0.2) is 0 Å². The zero-order valence-electron chi connectivity index (χ0n) is 10.7. The molecule has 17 heavy (non-hydrogen) atoms. The van der Waals surface area contributed by atoms with Crippen LogP contribution >= 0.6 is 11.8 Å². The van der Waals surface area contributed by atoms with E-state index in [9.17, 15) is 0 Å². The monoisotopic (exact) mass is 252 g/mol. The fraction of sp³-hybridized carbons (Fsp3) is 0.667. The Kier molecular flexibility index (Phi) is 4.10. The minimum atomic E-state index is 0.530. The second-order valence-electron chi connectivity index (χ2n) is 4.69. The number of rotatable bonds is 3. The van der Waals surface area contributed by atoms with Crippen molar-refractivity contribution in [3.05, 3.63) is 18.0 Å². The van der Waals surface area contributed by atoms with Crippen molar-refractivity contribution in [3.63, 3.8) is 0 Å². The fourth-order valence-corrected chi connectivity index (χ4v) is 2.83. The Bertz CT molecular complexity index is 399. The highest BCUT2D eigenvalue weighted by atomic mass is 32.2. The third kappa shape index (κ3) is 3.49. The lowest BCUT2D eigenvalue weighted by Crippen LogP contribution is -2.41. The smallest absolute Gasteiger partial charge is 0.156 e. The summed E-state index contributed by atoms with van der Waals surface area (Å²) in [6, 6.07) is 0.530. The van der Waals surface area contributed by atoms with Crippen LogP contribution in [0.1, 0.15) is 19.4 Å². The molecule has 1 aromatic rings. The maximum Gasteiger partial charge on any atom is 0.156 e. The predicted octanol–water partition coefficient (Wildman–Crippen LogP) is 1.91. The summed E-state index contributed by atoms with van der Waals surface area (Å²) < 4.78 is 1.94. The molecular formula is C12H20N4S. The first-order valence-corrected chi connectivity index (χ1v) is 7.06. The SMILES string of the molecule is Cc1cnn(CCN=C2NC(C)C(C)CS2)c1. The lowest BCUT2D eigenvalue weighted by Gasteiger charge is -2.28. The zero-order chi connectivity index (χ0) is 12.3. The Morgan fingerprint density at radius 2 is 2.41 bits per heavy atom. The fourth-order valence-electron chi connectivity index (χ4n) is 1.67. The third-order valence-electron chi connectivity index (χ3n) is 3.03. The summed E-state index contributed by atoms with van der Waals surface area (Å²) in [6.45, 7) is 8.18. The maximum absolute atomic E-state index is 4.58. The molecule has 0 spiro atoms. The van der Waals surface area contributed by atoms with Crippen molar-refractivity contribution in [3.8, 4) is 0 Å². The molecule has 1 saturated heterocycles. The summed E-state index contributed by atoms with van der Waals surface area (Å²) in [4.78, 5) is 4.58. The molecular weight excluding hydrogens is 232 g/mol. The van der Waals surface area contributed by atoms with Crippen LogP contribution in [0, 0.1) is 12.8 Å². The average Bonchev–Trinajstić information content (AvgIpc) is 2.70. The molecule has 0 aromatic carbocycles. The summed E-state index contributed by atoms with van der Waals surface area (Å²) in [5, 5.41) is 8.77. The van der Waals surface area contributed by atoms with E-state index in [1.807, 2.05) is 28.8 Å². The third-order valence-corrected chi connectivity index (χ3v) is 4.25. The van der Waals surface area contributed by atoms with Gasteiger partial charge in [-0.15, -0.1) is 0 Å². The number of hydrogen-bond donors (Lipinski definition) is 1. The molecule has 2 atom stereocenters. The van der Waals surface area contributed by atoms with Crippen molar-refractivity contribution in [1.82, 2.24) is 15.1 Å². The largest absolute Gasteiger partial charge is 0.362 e. The molecule has 2 unspecified atom stereocenters. The van der Waals surface area contributed by atoms with E-state index < -0.39 is 0 Å². The van der Waals surface area contributed by atoms with E-state index in [1.54, 1.807) is 0 Å². The molecule has 0 amide bonds. The van der Waals surface area contributed by atoms with Crippen LogP contribution in [-0.4, -0.2) is 33.3 Å². The van der Waals surface area contributed by atoms with Crippen molar-refractivity contribution >= 4 is 16.9 Å². The first-order chi connectivity index (χ1) is 8.15. The molecule has 1 N–H and O–H groups in total. The summed E-state index contributed by atoms with van der Waals surface area (Å²) in [6.07, 6.45) is 3.93. The minimum Gasteiger partial charge on any atom is -0.362 e. The number of thioether (sulfide) groups is 1. The van der Waals surface area contributed by atoms with Gasteiger partial charge in [-0.1, -0.05) is 18.7 Å². The van der Waals surface area contributed by atoms with Gasteiger partial charge >= 0.3 is 0 Å². The number of amidine groups is 1. The summed E-state index contributed by atoms with van der Waals surface area (Å²) >= 11 is 1.82. The van der Waals surface area contributed by atoms with Crippen molar-refractivity contribution in [2.75, 3.05) is 12.3 Å². The second kappa shape index (κ2) is 5.58. The van der Waals surface area contributed by atoms with Crippen molar-refractivity contribution < 1.29 is 0 Å². The molecule has 1 aliphatic rings. The maximum atomic E-state index is 4.58. The van der Waals surface area contributed by atoms with E-state index in [1.165, 1.54) is 5.56 Å². The molecule has 0 aliphatic carbocycles. The zero-order valence-corrected chi connectivity index (χ0v) is 11.5. The van der Waals surface area contributed by atoms with E-state index in [0.717, 1.165) is 24.0 Å². The lowest BCUT2D eigenvalue weighted by atomic mass is 10.1. The Morgan fingerprint density at radius 3 is 3.06 bits per heavy atom. The van der Waals surface area contributed by atoms with E-state index in [0.29, 0.717) is 12.0 Å². The normalized spacial score (nSPS) is 27.1. The lowest BCUT2D eigenvalue weighted by molar-refractivity contribution is 0.489. The van der Waals surface area contributed by atoms with E-state index in [2.05, 4.69) is 36.2 Å². The van der Waals surface area contributed by atoms with Crippen LogP contribution in [0.2, 0.25) is 0 Å². The van der Waals surface area contributed by atoms with Gasteiger partial charge in [0.15, 0.2) is 5.17 Å². The minimum absolute atomic E-state index is 0.530. The van der Waals surface area contributed by atoms with Gasteiger partial charge in [0.2, 0.25) is 0 Å². The summed E-state index contributed by atoms with van der Waals surface area (Å²) in [5.41, 5.74) is 1.20. The predicted molar refractivity (Wildman–Crippen MR) is 73.5 cm³/mol. The highest BCUT2D eigenvalue weighted by Gasteiger charge is 2.20. The van der Waals surface area contributed by atoms with Crippen molar-refractivity contribution in [1.29, 1.82) is 0 Å². The van der Waals surface area contributed by atoms with Crippen LogP contribution in [0.3, 0.4) is 0 Å². The van der Waals surface area contributed by atoms with Gasteiger partial charge in [0.05, 0.1) is 19.3 Å². The molecule has 1 aromatic heterocycles. The van der Waals surface area contributed by atoms with Gasteiger partial charge < -0.3 is 5.32 Å². The number of hydrogen-bond acceptors (Lipinski definition) is 3. The van der Waals surface area contributed by atoms with Gasteiger partial charge in [-0.2, -0.15) is 5.10 Å². The number of nitrogens with zero attached hydrogens (tertiary/aromatic N) is 3. The quantitative estimate of drug-likeness (QED) is 0.893. The molecule has 1 aliphatic heterocycles. The number of aryl methyl sites for hydroxylation is 1. The Morgan fingerprint density at radius 1 is 1.59 bits per heavy atom. The van der Waals surface area contributed by atoms with Crippen LogP contribution in [0.25, 0.3) is 0 Å². The molecule has 2 rings (SSSR count). The van der Waals surface area contributed by atoms with Crippen LogP contribution in [0.4, 0.5) is 0 Å². The van der Waals surface area contributed by atoms with E-state index in [-0.39, 0.29) is 0 Å². The van der Waals surface area contributed by atoms with Gasteiger partial charge in [-0.05, 0) is 25.3 Å². The summed E-state index contributed by atoms with van der Waals surface area (Å²) in [5.74, 6) is 1.88. The van der Waals surface area contributed by atoms with Crippen LogP contribution in [-0.2, 0) is 6.54 Å². The van der Waals surface area contributed by atoms with Gasteiger partial charge in [0.1, 0.15) is 0 Å². The molecule has 2 heterocycles. The van der Waals surface area contributed by atoms with Crippen LogP contribution < -0.4 is 5.32 Å². The highest BCUT2D eigenvalue weighted by molar-refractivity contribution is 8.13. The van der Waals surface area contributed by atoms with Crippen molar-refractivity contribution in [2.45, 2.75) is 33.4 Å². The molecule has 0 bridgehead atoms. The molecule has 94 valence electrons. The first-order valence-electron chi connectivity index (χ1n) is 6.08. The number of aromatic nitrogens is 2. The van der Waals surface area contributed by atoms with E-state index >= 15 is 0 Å². The topological polar surface area (TPSA) is 42.2 Å². The van der Waals surface area contributed by atoms with Gasteiger partial charge in [0, 0.05) is 18.0 Å². The Labute approximate surface area is 107 Å². The molecule has 0 saturated carbocycles. The first kappa shape index (κ1) is 12.5. The molecule has 4 nitrogen and oxygen atoms in total. The molecule has 0 radical (unpaired) electrons. The average molecular weight is 252 g/mol. The Balaban J connectivity index is 1.81. The molecule has 1 fully saturated rings. The highest BCUT2D eigenvalue weighted by Crippen LogP contribution is 2.19.